The molecule has 2 aromatic carbocycles. The van der Waals surface area contributed by atoms with Crippen molar-refractivity contribution in [2.24, 2.45) is 0 Å². The zero-order valence-corrected chi connectivity index (χ0v) is 15.8. The number of benzene rings is 2. The first kappa shape index (κ1) is 19.7. The predicted octanol–water partition coefficient (Wildman–Crippen LogP) is 4.70. The van der Waals surface area contributed by atoms with Crippen LogP contribution in [0.2, 0.25) is 0 Å². The van der Waals surface area contributed by atoms with Gasteiger partial charge in [0.05, 0.1) is 21.5 Å². The van der Waals surface area contributed by atoms with Gasteiger partial charge >= 0.3 is 6.18 Å². The van der Waals surface area contributed by atoms with Crippen LogP contribution in [0.25, 0.3) is 21.1 Å². The Morgan fingerprint density at radius 3 is 2.67 bits per heavy atom. The van der Waals surface area contributed by atoms with E-state index in [2.05, 4.69) is 15.3 Å². The van der Waals surface area contributed by atoms with Crippen LogP contribution in [0.3, 0.4) is 0 Å². The largest absolute Gasteiger partial charge is 0.416 e. The topological polar surface area (TPSA) is 98.0 Å². The maximum Gasteiger partial charge on any atom is 0.416 e. The van der Waals surface area contributed by atoms with Gasteiger partial charge < -0.3 is 5.32 Å². The molecule has 0 aliphatic rings. The minimum absolute atomic E-state index is 0.0921. The summed E-state index contributed by atoms with van der Waals surface area (Å²) in [7, 11) is 0. The van der Waals surface area contributed by atoms with Crippen molar-refractivity contribution in [2.45, 2.75) is 12.7 Å². The van der Waals surface area contributed by atoms with E-state index in [1.165, 1.54) is 0 Å². The molecule has 0 spiro atoms. The van der Waals surface area contributed by atoms with Gasteiger partial charge in [-0.05, 0) is 23.8 Å². The molecule has 0 atom stereocenters. The number of carbonyl (C=O) groups excluding carboxylic acids is 1. The Morgan fingerprint density at radius 2 is 1.93 bits per heavy atom. The Kier molecular flexibility index (Phi) is 4.82. The number of amides is 1. The molecule has 0 radical (unpaired) electrons. The van der Waals surface area contributed by atoms with E-state index in [1.807, 2.05) is 30.3 Å². The van der Waals surface area contributed by atoms with Crippen molar-refractivity contribution in [1.82, 2.24) is 15.3 Å². The van der Waals surface area contributed by atoms with Gasteiger partial charge in [-0.3, -0.25) is 19.9 Å². The molecule has 30 heavy (non-hydrogen) atoms. The number of alkyl halides is 3. The second-order valence-corrected chi connectivity index (χ2v) is 7.34. The number of hydrogen-bond acceptors (Lipinski definition) is 6. The van der Waals surface area contributed by atoms with Gasteiger partial charge in [0.1, 0.15) is 4.70 Å². The number of nitro benzene ring substituents is 1. The van der Waals surface area contributed by atoms with E-state index in [1.54, 1.807) is 6.20 Å². The second-order valence-electron chi connectivity index (χ2n) is 6.34. The number of para-hydroxylation sites is 1. The van der Waals surface area contributed by atoms with E-state index in [9.17, 15) is 28.1 Å². The van der Waals surface area contributed by atoms with Crippen molar-refractivity contribution in [2.75, 3.05) is 0 Å². The highest BCUT2D eigenvalue weighted by atomic mass is 32.1. The molecule has 0 aliphatic carbocycles. The highest BCUT2D eigenvalue weighted by Crippen LogP contribution is 2.38. The fraction of sp³-hybridized carbons (Fsp3) is 0.105. The lowest BCUT2D eigenvalue weighted by atomic mass is 10.1. The minimum Gasteiger partial charge on any atom is -0.346 e. The molecule has 2 aromatic heterocycles. The number of nitro groups is 1. The van der Waals surface area contributed by atoms with Crippen LogP contribution in [-0.2, 0) is 12.7 Å². The van der Waals surface area contributed by atoms with Gasteiger partial charge in [-0.25, -0.2) is 4.98 Å². The molecular formula is C19H11F3N4O3S. The van der Waals surface area contributed by atoms with Crippen molar-refractivity contribution in [3.63, 3.8) is 0 Å². The Hall–Kier alpha value is -3.60. The van der Waals surface area contributed by atoms with Gasteiger partial charge in [-0.2, -0.15) is 13.2 Å². The monoisotopic (exact) mass is 432 g/mol. The summed E-state index contributed by atoms with van der Waals surface area (Å²) in [5.41, 5.74) is -0.671. The van der Waals surface area contributed by atoms with E-state index >= 15 is 0 Å². The number of pyridine rings is 1. The highest BCUT2D eigenvalue weighted by Gasteiger charge is 2.34. The normalized spacial score (nSPS) is 11.7. The van der Waals surface area contributed by atoms with Crippen LogP contribution in [0.4, 0.5) is 18.9 Å². The fourth-order valence-electron chi connectivity index (χ4n) is 2.88. The Morgan fingerprint density at radius 1 is 1.17 bits per heavy atom. The van der Waals surface area contributed by atoms with Crippen molar-refractivity contribution < 1.29 is 22.9 Å². The SMILES string of the molecule is O=C(NCc1cnc2ccccc2c1)c1nc2cc(C(F)(F)F)cc([N+](=O)[O-])c2s1. The summed E-state index contributed by atoms with van der Waals surface area (Å²) in [6.07, 6.45) is -3.17. The summed E-state index contributed by atoms with van der Waals surface area (Å²) in [4.78, 5) is 30.9. The van der Waals surface area contributed by atoms with Gasteiger partial charge in [0.25, 0.3) is 11.6 Å². The van der Waals surface area contributed by atoms with Crippen LogP contribution < -0.4 is 5.32 Å². The third-order valence-corrected chi connectivity index (χ3v) is 5.38. The van der Waals surface area contributed by atoms with Crippen molar-refractivity contribution in [3.8, 4) is 0 Å². The predicted molar refractivity (Wildman–Crippen MR) is 104 cm³/mol. The third-order valence-electron chi connectivity index (χ3n) is 4.29. The molecule has 11 heteroatoms. The molecule has 0 saturated heterocycles. The molecule has 0 saturated carbocycles. The van der Waals surface area contributed by atoms with Crippen LogP contribution in [0.5, 0.6) is 0 Å². The van der Waals surface area contributed by atoms with E-state index in [0.29, 0.717) is 29.0 Å². The van der Waals surface area contributed by atoms with Crippen LogP contribution in [0.1, 0.15) is 20.9 Å². The number of non-ortho nitro benzene ring substituents is 1. The first-order valence-electron chi connectivity index (χ1n) is 8.50. The van der Waals surface area contributed by atoms with E-state index in [-0.39, 0.29) is 21.8 Å². The molecule has 4 aromatic rings. The van der Waals surface area contributed by atoms with Crippen LogP contribution in [0, 0.1) is 10.1 Å². The van der Waals surface area contributed by atoms with E-state index in [0.717, 1.165) is 10.9 Å². The number of rotatable bonds is 4. The molecule has 0 fully saturated rings. The van der Waals surface area contributed by atoms with Crippen molar-refractivity contribution in [3.05, 3.63) is 74.9 Å². The molecule has 4 rings (SSSR count). The zero-order valence-electron chi connectivity index (χ0n) is 14.9. The van der Waals surface area contributed by atoms with Crippen LogP contribution in [-0.4, -0.2) is 20.8 Å². The average molecular weight is 432 g/mol. The maximum absolute atomic E-state index is 13.0. The Labute approximate surface area is 170 Å². The van der Waals surface area contributed by atoms with Crippen LogP contribution in [0.15, 0.2) is 48.7 Å². The number of aromatic nitrogens is 2. The zero-order chi connectivity index (χ0) is 21.5. The smallest absolute Gasteiger partial charge is 0.346 e. The molecular weight excluding hydrogens is 421 g/mol. The summed E-state index contributed by atoms with van der Waals surface area (Å²) >= 11 is 0.670. The Balaban J connectivity index is 1.61. The summed E-state index contributed by atoms with van der Waals surface area (Å²) in [6.45, 7) is 0.114. The second kappa shape index (κ2) is 7.34. The van der Waals surface area contributed by atoms with Gasteiger partial charge in [-0.1, -0.05) is 18.2 Å². The standard InChI is InChI=1S/C19H11F3N4O3S/c20-19(21,22)12-6-14-16(15(7-12)26(28)29)30-18(25-14)17(27)24-9-10-5-11-3-1-2-4-13(11)23-8-10/h1-8H,9H2,(H,24,27). The summed E-state index contributed by atoms with van der Waals surface area (Å²) in [5, 5.41) is 14.5. The third kappa shape index (κ3) is 3.79. The summed E-state index contributed by atoms with van der Waals surface area (Å²) < 4.78 is 38.9. The summed E-state index contributed by atoms with van der Waals surface area (Å²) in [6, 6.07) is 10.4. The van der Waals surface area contributed by atoms with Gasteiger partial charge in [0.2, 0.25) is 0 Å². The molecule has 7 nitrogen and oxygen atoms in total. The first-order valence-corrected chi connectivity index (χ1v) is 9.32. The van der Waals surface area contributed by atoms with Crippen LogP contribution >= 0.6 is 11.3 Å². The molecule has 0 aliphatic heterocycles. The average Bonchev–Trinajstić information content (AvgIpc) is 3.14. The lowest BCUT2D eigenvalue weighted by Crippen LogP contribution is -2.22. The molecule has 2 heterocycles. The molecule has 1 amide bonds. The number of hydrogen-bond donors (Lipinski definition) is 1. The number of fused-ring (bicyclic) bond motifs is 2. The van der Waals surface area contributed by atoms with Gasteiger partial charge in [0, 0.05) is 24.2 Å². The summed E-state index contributed by atoms with van der Waals surface area (Å²) in [5.74, 6) is -0.646. The lowest BCUT2D eigenvalue weighted by Gasteiger charge is -2.05. The molecule has 0 unspecified atom stereocenters. The number of carbonyl (C=O) groups is 1. The minimum atomic E-state index is -4.77. The molecule has 1 N–H and O–H groups in total. The van der Waals surface area contributed by atoms with Crippen molar-refractivity contribution in [1.29, 1.82) is 0 Å². The fourth-order valence-corrected chi connectivity index (χ4v) is 3.83. The van der Waals surface area contributed by atoms with Crippen molar-refractivity contribution >= 4 is 44.1 Å². The van der Waals surface area contributed by atoms with E-state index < -0.39 is 28.3 Å². The lowest BCUT2D eigenvalue weighted by molar-refractivity contribution is -0.383. The highest BCUT2D eigenvalue weighted by molar-refractivity contribution is 7.20. The Bertz CT molecular complexity index is 1300. The number of nitrogens with zero attached hydrogens (tertiary/aromatic N) is 3. The quantitative estimate of drug-likeness (QED) is 0.372. The molecule has 0 bridgehead atoms. The van der Waals surface area contributed by atoms with E-state index in [4.69, 9.17) is 0 Å². The molecule has 152 valence electrons. The van der Waals surface area contributed by atoms with Gasteiger partial charge in [-0.15, -0.1) is 11.3 Å². The van der Waals surface area contributed by atoms with Gasteiger partial charge in [0.15, 0.2) is 5.01 Å². The maximum atomic E-state index is 13.0. The number of halogens is 3. The number of nitrogens with one attached hydrogen (secondary N) is 1. The number of thiazole rings is 1. The first-order chi connectivity index (χ1) is 14.2.